The van der Waals surface area contributed by atoms with Crippen LogP contribution in [0.25, 0.3) is 11.1 Å². The van der Waals surface area contributed by atoms with E-state index in [1.54, 1.807) is 0 Å². The van der Waals surface area contributed by atoms with E-state index in [2.05, 4.69) is 101 Å². The molecule has 2 aromatic rings. The number of nitrogens with zero attached hydrogens (tertiary/aromatic N) is 2. The molecule has 0 aliphatic heterocycles. The van der Waals surface area contributed by atoms with Crippen LogP contribution < -0.4 is 0 Å². The Labute approximate surface area is 456 Å². The molecule has 2 rings (SSSR count). The average molecular weight is 1000 g/mol. The fourth-order valence-corrected chi connectivity index (χ4v) is 11.1. The summed E-state index contributed by atoms with van der Waals surface area (Å²) in [5.41, 5.74) is 22.5. The van der Waals surface area contributed by atoms with Crippen LogP contribution in [0.5, 0.6) is 0 Å². The van der Waals surface area contributed by atoms with Gasteiger partial charge in [-0.25, -0.2) is 0 Å². The second-order valence-electron chi connectivity index (χ2n) is 22.9. The molecule has 0 aromatic heterocycles. The second-order valence-corrected chi connectivity index (χ2v) is 22.9. The van der Waals surface area contributed by atoms with Gasteiger partial charge in [0.05, 0.1) is 0 Å². The normalized spacial score (nSPS) is 11.9. The maximum Gasteiger partial charge on any atom is 0.307 e. The number of hydrogen-bond acceptors (Lipinski definition) is 0. The summed E-state index contributed by atoms with van der Waals surface area (Å²) >= 11 is 0. The van der Waals surface area contributed by atoms with E-state index in [0.29, 0.717) is 0 Å². The van der Waals surface area contributed by atoms with Gasteiger partial charge in [0.15, 0.2) is 0 Å². The van der Waals surface area contributed by atoms with Crippen molar-refractivity contribution in [3.05, 3.63) is 98.6 Å². The molecule has 0 bridgehead atoms. The molecule has 2 nitrogen and oxygen atoms in total. The van der Waals surface area contributed by atoms with Crippen LogP contribution in [0.4, 0.5) is 0 Å². The van der Waals surface area contributed by atoms with Crippen molar-refractivity contribution in [2.75, 3.05) is 0 Å². The fraction of sp³-hybridized carbons (Fsp3) is 0.746. The second kappa shape index (κ2) is 48.7. The van der Waals surface area contributed by atoms with Gasteiger partial charge in [-0.1, -0.05) is 309 Å². The van der Waals surface area contributed by atoms with E-state index in [0.717, 1.165) is 56.9 Å². The molecule has 0 amide bonds. The first-order valence-corrected chi connectivity index (χ1v) is 32.7. The third-order valence-electron chi connectivity index (χ3n) is 15.8. The highest BCUT2D eigenvalue weighted by Gasteiger charge is 2.20. The maximum absolute atomic E-state index is 10.3. The Balaban J connectivity index is 2.19. The molecule has 0 aliphatic rings. The summed E-state index contributed by atoms with van der Waals surface area (Å²) in [7, 11) is 0. The Morgan fingerprint density at radius 2 is 0.644 bits per heavy atom. The predicted molar refractivity (Wildman–Crippen MR) is 328 cm³/mol. The van der Waals surface area contributed by atoms with E-state index < -0.39 is 0 Å². The van der Waals surface area contributed by atoms with Crippen molar-refractivity contribution in [2.45, 2.75) is 343 Å². The Bertz CT molecular complexity index is 1690. The molecular formula is C71H120N2. The van der Waals surface area contributed by atoms with Crippen LogP contribution in [0.1, 0.15) is 351 Å². The summed E-state index contributed by atoms with van der Waals surface area (Å²) in [6, 6.07) is 15.2. The molecule has 0 saturated carbocycles. The minimum absolute atomic E-state index is 0.936. The third-order valence-corrected chi connectivity index (χ3v) is 15.8. The Kier molecular flexibility index (Phi) is 44.2. The molecule has 73 heavy (non-hydrogen) atoms. The lowest BCUT2D eigenvalue weighted by Gasteiger charge is -2.20. The molecule has 0 aliphatic carbocycles. The first-order chi connectivity index (χ1) is 36.0. The van der Waals surface area contributed by atoms with Gasteiger partial charge in [0.1, 0.15) is 5.57 Å². The molecule has 0 N–H and O–H groups in total. The molecule has 0 radical (unpaired) electrons. The van der Waals surface area contributed by atoms with Crippen molar-refractivity contribution in [1.29, 1.82) is 0 Å². The molecule has 0 saturated heterocycles. The van der Waals surface area contributed by atoms with Crippen molar-refractivity contribution in [3.8, 4) is 0 Å². The smallest absolute Gasteiger partial charge is 0.307 e. The quantitative estimate of drug-likeness (QED) is 0.0208. The number of hydrogen-bond donors (Lipinski definition) is 0. The lowest BCUT2D eigenvalue weighted by Crippen LogP contribution is -2.03. The number of aryl methyl sites for hydroxylation is 4. The Hall–Kier alpha value is -2.92. The van der Waals surface area contributed by atoms with Gasteiger partial charge in [0.2, 0.25) is 0 Å². The molecule has 0 heterocycles. The largest absolute Gasteiger partial charge is 0.348 e. The monoisotopic (exact) mass is 1000 g/mol. The van der Waals surface area contributed by atoms with Crippen molar-refractivity contribution in [3.63, 3.8) is 0 Å². The molecule has 2 heteroatoms. The number of allylic oxidation sites excluding steroid dienone is 4. The van der Waals surface area contributed by atoms with Crippen LogP contribution >= 0.6 is 0 Å². The summed E-state index contributed by atoms with van der Waals surface area (Å²) in [5, 5.41) is 0. The van der Waals surface area contributed by atoms with Crippen molar-refractivity contribution in [1.82, 2.24) is 0 Å². The molecule has 0 unspecified atom stereocenters. The summed E-state index contributed by atoms with van der Waals surface area (Å²) in [6.45, 7) is 13.9. The maximum atomic E-state index is 10.3. The summed E-state index contributed by atoms with van der Waals surface area (Å²) < 4.78 is 0. The van der Waals surface area contributed by atoms with Gasteiger partial charge >= 0.3 is 5.87 Å². The molecule has 0 spiro atoms. The van der Waals surface area contributed by atoms with Crippen LogP contribution in [0.2, 0.25) is 0 Å². The van der Waals surface area contributed by atoms with E-state index in [1.807, 2.05) is 0 Å². The SMILES string of the molecule is CCCCCCCCCCCCCCCCCCCCCCCCCC=CC(=C=[N+]=[N-])C(CCCC)=C(c1cc(CCCC)cc(CCCC)c1)c1cc(CCCCCCCC)cc(CCCCCCCC)c1. The van der Waals surface area contributed by atoms with Gasteiger partial charge in [-0.05, 0) is 128 Å². The zero-order valence-electron chi connectivity index (χ0n) is 49.7. The lowest BCUT2D eigenvalue weighted by atomic mass is 9.83. The molecular weight excluding hydrogens is 881 g/mol. The topological polar surface area (TPSA) is 36.4 Å². The van der Waals surface area contributed by atoms with Crippen LogP contribution in [0, 0.1) is 0 Å². The lowest BCUT2D eigenvalue weighted by molar-refractivity contribution is 0.00766. The predicted octanol–water partition coefficient (Wildman–Crippen LogP) is 23.9. The van der Waals surface area contributed by atoms with Gasteiger partial charge in [0.25, 0.3) is 0 Å². The van der Waals surface area contributed by atoms with Crippen molar-refractivity contribution >= 4 is 11.4 Å². The van der Waals surface area contributed by atoms with Gasteiger partial charge in [0, 0.05) is 0 Å². The van der Waals surface area contributed by atoms with E-state index >= 15 is 0 Å². The van der Waals surface area contributed by atoms with Crippen LogP contribution in [0.3, 0.4) is 0 Å². The standard InChI is InChI=1S/C71H120N2/c1-7-13-19-22-25-26-27-28-29-30-31-32-33-34-35-36-37-38-39-40-41-42-43-46-49-54-67(62-73-72)70(55-18-12-6)71(68-58-63(50-16-10-4)56-64(59-68)51-17-11-5)69-60-65(52-47-44-23-20-14-8-2)57-66(61-69)53-48-45-24-21-15-9-3/h49,54,56-61H,7-48,50-53,55H2,1-6H3. The van der Waals surface area contributed by atoms with Crippen molar-refractivity contribution in [2.24, 2.45) is 0 Å². The highest BCUT2D eigenvalue weighted by molar-refractivity contribution is 5.88. The summed E-state index contributed by atoms with van der Waals surface area (Å²) in [4.78, 5) is 3.67. The Morgan fingerprint density at radius 3 is 0.959 bits per heavy atom. The Morgan fingerprint density at radius 1 is 0.356 bits per heavy atom. The zero-order valence-corrected chi connectivity index (χ0v) is 49.7. The molecule has 2 aromatic carbocycles. The van der Waals surface area contributed by atoms with E-state index in [9.17, 15) is 5.53 Å². The zero-order chi connectivity index (χ0) is 52.5. The third kappa shape index (κ3) is 34.4. The van der Waals surface area contributed by atoms with Gasteiger partial charge < -0.3 is 5.53 Å². The highest BCUT2D eigenvalue weighted by Crippen LogP contribution is 2.37. The van der Waals surface area contributed by atoms with Crippen LogP contribution in [0.15, 0.2) is 59.7 Å². The highest BCUT2D eigenvalue weighted by atomic mass is 14.8. The molecule has 414 valence electrons. The van der Waals surface area contributed by atoms with Crippen molar-refractivity contribution < 1.29 is 4.79 Å². The van der Waals surface area contributed by atoms with E-state index in [1.165, 1.54) is 295 Å². The minimum atomic E-state index is 0.936. The fourth-order valence-electron chi connectivity index (χ4n) is 11.1. The summed E-state index contributed by atoms with van der Waals surface area (Å²) in [5.74, 6) is 3.18. The molecule has 0 fully saturated rings. The first kappa shape index (κ1) is 66.2. The average Bonchev–Trinajstić information content (AvgIpc) is 3.40. The van der Waals surface area contributed by atoms with E-state index in [-0.39, 0.29) is 0 Å². The van der Waals surface area contributed by atoms with Crippen LogP contribution in [-0.2, 0) is 25.7 Å². The minimum Gasteiger partial charge on any atom is -0.348 e. The van der Waals surface area contributed by atoms with Gasteiger partial charge in [-0.3, -0.25) is 0 Å². The number of rotatable bonds is 51. The number of unbranched alkanes of at least 4 members (excludes halogenated alkanes) is 36. The summed E-state index contributed by atoms with van der Waals surface area (Å²) in [6.07, 6.45) is 66.6. The van der Waals surface area contributed by atoms with E-state index in [4.69, 9.17) is 0 Å². The van der Waals surface area contributed by atoms with Gasteiger partial charge in [-0.15, -0.1) is 4.79 Å². The number of benzene rings is 2. The van der Waals surface area contributed by atoms with Crippen LogP contribution in [-0.4, -0.2) is 10.7 Å². The van der Waals surface area contributed by atoms with Gasteiger partial charge in [-0.2, -0.15) is 0 Å². The molecule has 0 atom stereocenters. The first-order valence-electron chi connectivity index (χ1n) is 32.7.